The first-order valence-corrected chi connectivity index (χ1v) is 6.18. The van der Waals surface area contributed by atoms with Gasteiger partial charge >= 0.3 is 11.9 Å². The van der Waals surface area contributed by atoms with Crippen molar-refractivity contribution in [2.75, 3.05) is 0 Å². The lowest BCUT2D eigenvalue weighted by Crippen LogP contribution is -1.96. The van der Waals surface area contributed by atoms with Crippen LogP contribution in [0.4, 0.5) is 0 Å². The van der Waals surface area contributed by atoms with Gasteiger partial charge in [0, 0.05) is 0 Å². The molecule has 94 valence electrons. The Labute approximate surface area is 118 Å². The Morgan fingerprint density at radius 3 is 2.11 bits per heavy atom. The number of halogens is 2. The first-order chi connectivity index (χ1) is 9.06. The average Bonchev–Trinajstić information content (AvgIpc) is 2.68. The minimum Gasteiger partial charge on any atom is -0.386 e. The molecule has 0 radical (unpaired) electrons. The highest BCUT2D eigenvalue weighted by atomic mass is 35.5. The molecule has 2 aromatic rings. The molecule has 0 atom stereocenters. The van der Waals surface area contributed by atoms with Crippen LogP contribution in [0.15, 0.2) is 36.4 Å². The second-order valence-corrected chi connectivity index (χ2v) is 4.88. The van der Waals surface area contributed by atoms with Gasteiger partial charge in [0.15, 0.2) is 0 Å². The van der Waals surface area contributed by atoms with E-state index in [9.17, 15) is 9.59 Å². The maximum Gasteiger partial charge on any atom is 0.346 e. The van der Waals surface area contributed by atoms with E-state index in [1.54, 1.807) is 36.4 Å². The van der Waals surface area contributed by atoms with E-state index in [0.29, 0.717) is 10.0 Å². The van der Waals surface area contributed by atoms with E-state index >= 15 is 0 Å². The Morgan fingerprint density at radius 2 is 1.37 bits per heavy atom. The summed E-state index contributed by atoms with van der Waals surface area (Å²) in [4.78, 5) is 22.8. The highest BCUT2D eigenvalue weighted by Gasteiger charge is 2.29. The van der Waals surface area contributed by atoms with E-state index in [-0.39, 0.29) is 11.1 Å². The number of rotatable bonds is 1. The molecule has 0 bridgehead atoms. The first-order valence-electron chi connectivity index (χ1n) is 5.42. The lowest BCUT2D eigenvalue weighted by atomic mass is 10.0. The van der Waals surface area contributed by atoms with E-state index in [1.807, 2.05) is 0 Å². The van der Waals surface area contributed by atoms with Gasteiger partial charge in [0.05, 0.1) is 21.2 Å². The molecular formula is C14H6Cl2O3. The Kier molecular flexibility index (Phi) is 2.81. The number of esters is 2. The number of hydrogen-bond donors (Lipinski definition) is 0. The van der Waals surface area contributed by atoms with Crippen molar-refractivity contribution in [3.8, 4) is 11.1 Å². The summed E-state index contributed by atoms with van der Waals surface area (Å²) < 4.78 is 4.54. The Hall–Kier alpha value is -1.84. The third-order valence-corrected chi connectivity index (χ3v) is 3.64. The molecule has 0 aliphatic carbocycles. The Bertz CT molecular complexity index is 723. The lowest BCUT2D eigenvalue weighted by Gasteiger charge is -2.04. The van der Waals surface area contributed by atoms with Gasteiger partial charge in [-0.05, 0) is 35.4 Å². The number of benzene rings is 2. The number of cyclic esters (lactones) is 2. The molecule has 0 aromatic heterocycles. The quantitative estimate of drug-likeness (QED) is 0.590. The molecule has 0 fully saturated rings. The predicted octanol–water partition coefficient (Wildman–Crippen LogP) is 3.97. The van der Waals surface area contributed by atoms with E-state index < -0.39 is 11.9 Å². The first kappa shape index (κ1) is 12.2. The van der Waals surface area contributed by atoms with Crippen molar-refractivity contribution >= 4 is 35.1 Å². The molecule has 0 amide bonds. The topological polar surface area (TPSA) is 43.4 Å². The van der Waals surface area contributed by atoms with Crippen LogP contribution < -0.4 is 0 Å². The minimum absolute atomic E-state index is 0.272. The van der Waals surface area contributed by atoms with Crippen LogP contribution in [0, 0.1) is 0 Å². The molecule has 3 nitrogen and oxygen atoms in total. The summed E-state index contributed by atoms with van der Waals surface area (Å²) in [5.74, 6) is -1.23. The van der Waals surface area contributed by atoms with Gasteiger partial charge in [0.25, 0.3) is 0 Å². The van der Waals surface area contributed by atoms with Gasteiger partial charge in [-0.3, -0.25) is 0 Å². The smallest absolute Gasteiger partial charge is 0.346 e. The minimum atomic E-state index is -0.623. The molecule has 5 heteroatoms. The summed E-state index contributed by atoms with van der Waals surface area (Å²) in [6.07, 6.45) is 0. The zero-order chi connectivity index (χ0) is 13.6. The average molecular weight is 293 g/mol. The van der Waals surface area contributed by atoms with E-state index in [4.69, 9.17) is 23.2 Å². The van der Waals surface area contributed by atoms with Gasteiger partial charge in [-0.2, -0.15) is 0 Å². The van der Waals surface area contributed by atoms with Gasteiger partial charge in [-0.15, -0.1) is 0 Å². The van der Waals surface area contributed by atoms with Crippen molar-refractivity contribution in [1.82, 2.24) is 0 Å². The molecule has 19 heavy (non-hydrogen) atoms. The predicted molar refractivity (Wildman–Crippen MR) is 71.6 cm³/mol. The van der Waals surface area contributed by atoms with E-state index in [0.717, 1.165) is 11.1 Å². The lowest BCUT2D eigenvalue weighted by molar-refractivity contribution is 0.0444. The van der Waals surface area contributed by atoms with Crippen molar-refractivity contribution in [2.45, 2.75) is 0 Å². The summed E-state index contributed by atoms with van der Waals surface area (Å²) in [6.45, 7) is 0. The third-order valence-electron chi connectivity index (χ3n) is 2.90. The molecule has 0 unspecified atom stereocenters. The van der Waals surface area contributed by atoms with E-state index in [2.05, 4.69) is 4.74 Å². The molecule has 1 heterocycles. The summed E-state index contributed by atoms with van der Waals surface area (Å²) in [6, 6.07) is 10.1. The van der Waals surface area contributed by atoms with Crippen molar-refractivity contribution in [2.24, 2.45) is 0 Å². The Balaban J connectivity index is 2.12. The van der Waals surface area contributed by atoms with Crippen molar-refractivity contribution in [3.05, 3.63) is 57.6 Å². The molecule has 2 aromatic carbocycles. The normalized spacial score (nSPS) is 13.4. The second-order valence-electron chi connectivity index (χ2n) is 4.07. The molecule has 1 aliphatic heterocycles. The van der Waals surface area contributed by atoms with Crippen LogP contribution in [0.3, 0.4) is 0 Å². The fraction of sp³-hybridized carbons (Fsp3) is 0. The largest absolute Gasteiger partial charge is 0.386 e. The Morgan fingerprint density at radius 1 is 0.737 bits per heavy atom. The number of hydrogen-bond acceptors (Lipinski definition) is 3. The zero-order valence-electron chi connectivity index (χ0n) is 9.44. The molecule has 1 aliphatic rings. The number of fused-ring (bicyclic) bond motifs is 1. The highest BCUT2D eigenvalue weighted by molar-refractivity contribution is 6.42. The van der Waals surface area contributed by atoms with Crippen LogP contribution in [-0.4, -0.2) is 11.9 Å². The maximum atomic E-state index is 11.5. The maximum absolute atomic E-state index is 11.5. The standard InChI is InChI=1S/C14H6Cl2O3/c15-11-4-2-8(6-12(11)16)7-1-3-9-10(5-7)14(18)19-13(9)17/h1-6H. The summed E-state index contributed by atoms with van der Waals surface area (Å²) in [7, 11) is 0. The highest BCUT2D eigenvalue weighted by Crippen LogP contribution is 2.31. The van der Waals surface area contributed by atoms with Gasteiger partial charge < -0.3 is 4.74 Å². The summed E-state index contributed by atoms with van der Waals surface area (Å²) in [5.41, 5.74) is 2.13. The van der Waals surface area contributed by atoms with E-state index in [1.165, 1.54) is 0 Å². The molecule has 0 saturated carbocycles. The number of ether oxygens (including phenoxy) is 1. The molecule has 3 rings (SSSR count). The molecule has 0 spiro atoms. The second kappa shape index (κ2) is 4.37. The van der Waals surface area contributed by atoms with Crippen molar-refractivity contribution in [1.29, 1.82) is 0 Å². The van der Waals surface area contributed by atoms with Crippen LogP contribution in [0.25, 0.3) is 11.1 Å². The summed E-state index contributed by atoms with van der Waals surface area (Å²) >= 11 is 11.8. The van der Waals surface area contributed by atoms with Crippen LogP contribution >= 0.6 is 23.2 Å². The van der Waals surface area contributed by atoms with Gasteiger partial charge in [-0.1, -0.05) is 35.3 Å². The van der Waals surface area contributed by atoms with Gasteiger partial charge in [0.2, 0.25) is 0 Å². The van der Waals surface area contributed by atoms with Gasteiger partial charge in [0.1, 0.15) is 0 Å². The number of carbonyl (C=O) groups is 2. The molecule has 0 saturated heterocycles. The van der Waals surface area contributed by atoms with Crippen LogP contribution in [-0.2, 0) is 4.74 Å². The van der Waals surface area contributed by atoms with Gasteiger partial charge in [-0.25, -0.2) is 9.59 Å². The fourth-order valence-electron chi connectivity index (χ4n) is 1.94. The third kappa shape index (κ3) is 2.01. The number of carbonyl (C=O) groups excluding carboxylic acids is 2. The summed E-state index contributed by atoms with van der Waals surface area (Å²) in [5, 5.41) is 0.888. The molecule has 0 N–H and O–H groups in total. The van der Waals surface area contributed by atoms with Crippen molar-refractivity contribution in [3.63, 3.8) is 0 Å². The van der Waals surface area contributed by atoms with Crippen LogP contribution in [0.2, 0.25) is 10.0 Å². The zero-order valence-corrected chi connectivity index (χ0v) is 11.0. The fourth-order valence-corrected chi connectivity index (χ4v) is 2.24. The SMILES string of the molecule is O=C1OC(=O)c2cc(-c3ccc(Cl)c(Cl)c3)ccc21. The van der Waals surface area contributed by atoms with Crippen molar-refractivity contribution < 1.29 is 14.3 Å². The molecular weight excluding hydrogens is 287 g/mol. The monoisotopic (exact) mass is 292 g/mol. The van der Waals surface area contributed by atoms with Crippen LogP contribution in [0.1, 0.15) is 20.7 Å². The van der Waals surface area contributed by atoms with Crippen LogP contribution in [0.5, 0.6) is 0 Å².